The van der Waals surface area contributed by atoms with Gasteiger partial charge in [-0.25, -0.2) is 4.39 Å². The number of likely N-dealkylation sites (tertiary alicyclic amines) is 1. The molecule has 3 aliphatic heterocycles. The number of aromatic amines is 1. The van der Waals surface area contributed by atoms with Crippen LogP contribution in [-0.4, -0.2) is 58.1 Å². The number of rotatable bonds is 1. The average Bonchev–Trinajstić information content (AvgIpc) is 3.26. The molecule has 26 heavy (non-hydrogen) atoms. The predicted molar refractivity (Wildman–Crippen MR) is 89.0 cm³/mol. The zero-order valence-corrected chi connectivity index (χ0v) is 13.8. The van der Waals surface area contributed by atoms with Crippen molar-refractivity contribution in [3.63, 3.8) is 0 Å². The van der Waals surface area contributed by atoms with Gasteiger partial charge in [0.2, 0.25) is 5.91 Å². The van der Waals surface area contributed by atoms with E-state index in [9.17, 15) is 18.8 Å². The predicted octanol–water partition coefficient (Wildman–Crippen LogP) is 0.840. The molecule has 5 rings (SSSR count). The number of aromatic nitrogens is 1. The summed E-state index contributed by atoms with van der Waals surface area (Å²) in [6, 6.07) is 5.01. The van der Waals surface area contributed by atoms with Crippen LogP contribution in [0, 0.1) is 5.82 Å². The lowest BCUT2D eigenvalue weighted by molar-refractivity contribution is -0.136. The molecule has 2 atom stereocenters. The lowest BCUT2D eigenvalue weighted by Gasteiger charge is -2.31. The smallest absolute Gasteiger partial charge is 0.270 e. The van der Waals surface area contributed by atoms with Crippen molar-refractivity contribution < 1.29 is 18.7 Å². The third-order valence-electron chi connectivity index (χ3n) is 5.71. The van der Waals surface area contributed by atoms with Gasteiger partial charge in [0.1, 0.15) is 11.5 Å². The number of benzene rings is 1. The molecule has 4 heterocycles. The number of para-hydroxylation sites is 1. The highest BCUT2D eigenvalue weighted by molar-refractivity contribution is 5.96. The maximum absolute atomic E-state index is 14.1. The van der Waals surface area contributed by atoms with E-state index in [1.807, 2.05) is 0 Å². The summed E-state index contributed by atoms with van der Waals surface area (Å²) in [6.07, 6.45) is 0.749. The van der Waals surface area contributed by atoms with Crippen molar-refractivity contribution in [1.82, 2.24) is 14.8 Å². The number of carbonyl (C=O) groups is 2. The van der Waals surface area contributed by atoms with E-state index in [1.165, 1.54) is 24.3 Å². The molecule has 0 radical (unpaired) electrons. The highest BCUT2D eigenvalue weighted by atomic mass is 19.1. The molecular formula is C18H16FN3O4. The van der Waals surface area contributed by atoms with E-state index in [1.54, 1.807) is 9.80 Å². The number of pyridine rings is 1. The highest BCUT2D eigenvalue weighted by Gasteiger charge is 2.62. The van der Waals surface area contributed by atoms with E-state index in [4.69, 9.17) is 4.74 Å². The maximum atomic E-state index is 14.1. The summed E-state index contributed by atoms with van der Waals surface area (Å²) in [7, 11) is 0. The summed E-state index contributed by atoms with van der Waals surface area (Å²) in [5.74, 6) is -1.03. The Morgan fingerprint density at radius 2 is 2.15 bits per heavy atom. The maximum Gasteiger partial charge on any atom is 0.270 e. The fourth-order valence-electron chi connectivity index (χ4n) is 4.54. The number of halogens is 1. The molecule has 1 spiro atoms. The standard InChI is InChI=1S/C18H16FN3O4/c19-11-3-1-2-10-13(23)8-12(20-16(10)11)17(25)21-5-4-18-14(21)9-15(24)22(18)6-7-26-18/h1-3,8,14H,4-7,9H2,(H,20,23)/t14-,18+/m1/s1. The number of carbonyl (C=O) groups excluding carboxylic acids is 2. The van der Waals surface area contributed by atoms with Gasteiger partial charge in [-0.2, -0.15) is 0 Å². The number of nitrogens with one attached hydrogen (secondary N) is 1. The summed E-state index contributed by atoms with van der Waals surface area (Å²) in [5, 5.41) is 0.195. The van der Waals surface area contributed by atoms with E-state index >= 15 is 0 Å². The SMILES string of the molecule is O=C(c1cc(=O)c2cccc(F)c2[nH]1)N1CC[C@@]23OCCN2C(=O)C[C@@H]13. The topological polar surface area (TPSA) is 82.7 Å². The second-order valence-electron chi connectivity index (χ2n) is 6.92. The summed E-state index contributed by atoms with van der Waals surface area (Å²) in [6.45, 7) is 1.42. The van der Waals surface area contributed by atoms with Crippen LogP contribution in [0.1, 0.15) is 23.3 Å². The minimum Gasteiger partial charge on any atom is -0.351 e. The van der Waals surface area contributed by atoms with Crippen LogP contribution >= 0.6 is 0 Å². The number of amides is 2. The fourth-order valence-corrected chi connectivity index (χ4v) is 4.54. The van der Waals surface area contributed by atoms with Crippen LogP contribution in [0.5, 0.6) is 0 Å². The molecule has 0 unspecified atom stereocenters. The third kappa shape index (κ3) is 1.87. The molecule has 3 fully saturated rings. The summed E-state index contributed by atoms with van der Waals surface area (Å²) in [4.78, 5) is 43.6. The van der Waals surface area contributed by atoms with Crippen molar-refractivity contribution in [1.29, 1.82) is 0 Å². The minimum atomic E-state index is -0.741. The van der Waals surface area contributed by atoms with Crippen molar-refractivity contribution in [2.45, 2.75) is 24.6 Å². The van der Waals surface area contributed by atoms with Gasteiger partial charge in [0.15, 0.2) is 11.2 Å². The van der Waals surface area contributed by atoms with Crippen molar-refractivity contribution in [3.05, 3.63) is 46.0 Å². The first-order valence-electron chi connectivity index (χ1n) is 8.58. The molecule has 2 aromatic rings. The van der Waals surface area contributed by atoms with Crippen molar-refractivity contribution >= 4 is 22.7 Å². The number of nitrogens with zero attached hydrogens (tertiary/aromatic N) is 2. The van der Waals surface area contributed by atoms with Crippen LogP contribution in [0.25, 0.3) is 10.9 Å². The molecule has 3 aliphatic rings. The zero-order chi connectivity index (χ0) is 18.1. The fraction of sp³-hybridized carbons (Fsp3) is 0.389. The van der Waals surface area contributed by atoms with Crippen molar-refractivity contribution in [2.75, 3.05) is 19.7 Å². The summed E-state index contributed by atoms with van der Waals surface area (Å²) in [5.41, 5.74) is -1.13. The molecule has 7 nitrogen and oxygen atoms in total. The molecule has 134 valence electrons. The number of ether oxygens (including phenoxy) is 1. The summed E-state index contributed by atoms with van der Waals surface area (Å²) >= 11 is 0. The molecular weight excluding hydrogens is 341 g/mol. The lowest BCUT2D eigenvalue weighted by atomic mass is 10.1. The van der Waals surface area contributed by atoms with Gasteiger partial charge in [-0.1, -0.05) is 6.07 Å². The van der Waals surface area contributed by atoms with Crippen molar-refractivity contribution in [3.8, 4) is 0 Å². The first kappa shape index (κ1) is 15.5. The van der Waals surface area contributed by atoms with Crippen LogP contribution in [-0.2, 0) is 9.53 Å². The first-order chi connectivity index (χ1) is 12.5. The molecule has 1 aromatic carbocycles. The molecule has 0 bridgehead atoms. The monoisotopic (exact) mass is 357 g/mol. The first-order valence-corrected chi connectivity index (χ1v) is 8.58. The Morgan fingerprint density at radius 3 is 3.00 bits per heavy atom. The number of hydrogen-bond acceptors (Lipinski definition) is 4. The molecule has 8 heteroatoms. The minimum absolute atomic E-state index is 0.0125. The van der Waals surface area contributed by atoms with Gasteiger partial charge < -0.3 is 19.5 Å². The van der Waals surface area contributed by atoms with Gasteiger partial charge in [-0.05, 0) is 12.1 Å². The van der Waals surface area contributed by atoms with Crippen molar-refractivity contribution in [2.24, 2.45) is 0 Å². The number of fused-ring (bicyclic) bond motifs is 1. The van der Waals surface area contributed by atoms with Crippen LogP contribution in [0.15, 0.2) is 29.1 Å². The molecule has 1 N–H and O–H groups in total. The van der Waals surface area contributed by atoms with Gasteiger partial charge in [0, 0.05) is 31.0 Å². The van der Waals surface area contributed by atoms with Gasteiger partial charge in [0.25, 0.3) is 5.91 Å². The molecule has 1 aromatic heterocycles. The molecule has 2 amide bonds. The van der Waals surface area contributed by atoms with Gasteiger partial charge in [0.05, 0.1) is 24.6 Å². The molecule has 0 saturated carbocycles. The highest BCUT2D eigenvalue weighted by Crippen LogP contribution is 2.45. The van der Waals surface area contributed by atoms with Gasteiger partial charge >= 0.3 is 0 Å². The quantitative estimate of drug-likeness (QED) is 0.820. The Bertz CT molecular complexity index is 1020. The molecule has 0 aliphatic carbocycles. The van der Waals surface area contributed by atoms with E-state index in [0.29, 0.717) is 26.1 Å². The van der Waals surface area contributed by atoms with Crippen LogP contribution < -0.4 is 5.43 Å². The van der Waals surface area contributed by atoms with Crippen LogP contribution in [0.3, 0.4) is 0 Å². The zero-order valence-electron chi connectivity index (χ0n) is 13.8. The molecule has 3 saturated heterocycles. The third-order valence-corrected chi connectivity index (χ3v) is 5.71. The van der Waals surface area contributed by atoms with E-state index in [2.05, 4.69) is 4.98 Å². The van der Waals surface area contributed by atoms with E-state index in [-0.39, 0.29) is 35.0 Å². The second-order valence-corrected chi connectivity index (χ2v) is 6.92. The Kier molecular flexibility index (Phi) is 3.06. The lowest BCUT2D eigenvalue weighted by Crippen LogP contribution is -2.48. The second kappa shape index (κ2) is 5.14. The Balaban J connectivity index is 1.55. The Hall–Kier alpha value is -2.74. The normalized spacial score (nSPS) is 27.3. The Morgan fingerprint density at radius 1 is 1.31 bits per heavy atom. The van der Waals surface area contributed by atoms with E-state index in [0.717, 1.165) is 0 Å². The van der Waals surface area contributed by atoms with Crippen LogP contribution in [0.2, 0.25) is 0 Å². The number of hydrogen-bond donors (Lipinski definition) is 1. The largest absolute Gasteiger partial charge is 0.351 e. The Labute approximate surface area is 147 Å². The van der Waals surface area contributed by atoms with E-state index < -0.39 is 22.9 Å². The average molecular weight is 357 g/mol. The summed E-state index contributed by atoms with van der Waals surface area (Å²) < 4.78 is 19.9. The van der Waals surface area contributed by atoms with Gasteiger partial charge in [-0.3, -0.25) is 14.4 Å². The number of H-pyrrole nitrogens is 1. The van der Waals surface area contributed by atoms with Gasteiger partial charge in [-0.15, -0.1) is 0 Å². The van der Waals surface area contributed by atoms with Crippen LogP contribution in [0.4, 0.5) is 4.39 Å².